The summed E-state index contributed by atoms with van der Waals surface area (Å²) in [6, 6.07) is 20.5. The smallest absolute Gasteiger partial charge is 0.236 e. The zero-order chi connectivity index (χ0) is 18.8. The van der Waals surface area contributed by atoms with Crippen molar-refractivity contribution in [1.82, 2.24) is 0 Å². The Bertz CT molecular complexity index is 954. The first-order valence-corrected chi connectivity index (χ1v) is 8.60. The van der Waals surface area contributed by atoms with Gasteiger partial charge in [0.2, 0.25) is 5.91 Å². The molecule has 5 nitrogen and oxygen atoms in total. The number of benzene rings is 3. The maximum Gasteiger partial charge on any atom is 0.236 e. The third kappa shape index (κ3) is 3.08. The van der Waals surface area contributed by atoms with Gasteiger partial charge in [0, 0.05) is 22.9 Å². The standard InChI is InChI=1S/C22H19NO4/c1-25-19-12-11-14(13-20(19)26-2)23-22(24)21-15-7-3-5-9-17(15)27-18-10-6-4-8-16(18)21/h3-13,21H,1-2H3,(H,23,24). The maximum atomic E-state index is 13.2. The van der Waals surface area contributed by atoms with Crippen molar-refractivity contribution in [2.24, 2.45) is 0 Å². The highest BCUT2D eigenvalue weighted by Crippen LogP contribution is 2.44. The van der Waals surface area contributed by atoms with Crippen LogP contribution in [0.5, 0.6) is 23.0 Å². The molecule has 0 saturated carbocycles. The fraction of sp³-hybridized carbons (Fsp3) is 0.136. The van der Waals surface area contributed by atoms with Crippen LogP contribution in [0.15, 0.2) is 66.7 Å². The summed E-state index contributed by atoms with van der Waals surface area (Å²) < 4.78 is 16.5. The quantitative estimate of drug-likeness (QED) is 0.739. The summed E-state index contributed by atoms with van der Waals surface area (Å²) in [4.78, 5) is 13.2. The molecule has 136 valence electrons. The van der Waals surface area contributed by atoms with Gasteiger partial charge in [-0.3, -0.25) is 4.79 Å². The highest BCUT2D eigenvalue weighted by atomic mass is 16.5. The number of para-hydroxylation sites is 2. The van der Waals surface area contributed by atoms with Crippen molar-refractivity contribution in [2.45, 2.75) is 5.92 Å². The molecule has 0 saturated heterocycles. The third-order valence-electron chi connectivity index (χ3n) is 4.59. The lowest BCUT2D eigenvalue weighted by atomic mass is 9.87. The van der Waals surface area contributed by atoms with Gasteiger partial charge >= 0.3 is 0 Å². The van der Waals surface area contributed by atoms with E-state index in [9.17, 15) is 4.79 Å². The maximum absolute atomic E-state index is 13.2. The molecule has 27 heavy (non-hydrogen) atoms. The van der Waals surface area contributed by atoms with E-state index in [-0.39, 0.29) is 5.91 Å². The van der Waals surface area contributed by atoms with Crippen LogP contribution < -0.4 is 19.5 Å². The molecule has 1 amide bonds. The minimum atomic E-state index is -0.459. The molecule has 0 fully saturated rings. The molecule has 0 radical (unpaired) electrons. The van der Waals surface area contributed by atoms with Gasteiger partial charge in [-0.1, -0.05) is 36.4 Å². The van der Waals surface area contributed by atoms with Crippen LogP contribution in [0.25, 0.3) is 0 Å². The van der Waals surface area contributed by atoms with Gasteiger partial charge in [0.25, 0.3) is 0 Å². The Morgan fingerprint density at radius 1 is 0.852 bits per heavy atom. The Hall–Kier alpha value is -3.47. The number of ether oxygens (including phenoxy) is 3. The minimum absolute atomic E-state index is 0.134. The summed E-state index contributed by atoms with van der Waals surface area (Å²) in [5.41, 5.74) is 2.32. The molecule has 0 bridgehead atoms. The Kier molecular flexibility index (Phi) is 4.42. The zero-order valence-electron chi connectivity index (χ0n) is 15.1. The SMILES string of the molecule is COc1ccc(NC(=O)C2c3ccccc3Oc3ccccc32)cc1OC. The third-order valence-corrected chi connectivity index (χ3v) is 4.59. The molecule has 5 heteroatoms. The number of rotatable bonds is 4. The van der Waals surface area contributed by atoms with Gasteiger partial charge in [-0.15, -0.1) is 0 Å². The molecule has 1 N–H and O–H groups in total. The highest BCUT2D eigenvalue weighted by molar-refractivity contribution is 5.99. The summed E-state index contributed by atoms with van der Waals surface area (Å²) >= 11 is 0. The average Bonchev–Trinajstić information content (AvgIpc) is 2.71. The van der Waals surface area contributed by atoms with Crippen LogP contribution in [0.1, 0.15) is 17.0 Å². The number of hydrogen-bond acceptors (Lipinski definition) is 4. The fourth-order valence-electron chi connectivity index (χ4n) is 3.32. The second kappa shape index (κ2) is 7.03. The number of nitrogens with one attached hydrogen (secondary N) is 1. The van der Waals surface area contributed by atoms with Crippen molar-refractivity contribution in [3.63, 3.8) is 0 Å². The summed E-state index contributed by atoms with van der Waals surface area (Å²) in [6.07, 6.45) is 0. The lowest BCUT2D eigenvalue weighted by Gasteiger charge is -2.27. The van der Waals surface area contributed by atoms with Crippen molar-refractivity contribution >= 4 is 11.6 Å². The van der Waals surface area contributed by atoms with E-state index in [1.165, 1.54) is 0 Å². The number of anilines is 1. The van der Waals surface area contributed by atoms with Crippen molar-refractivity contribution in [3.05, 3.63) is 77.9 Å². The number of amides is 1. The number of carbonyl (C=O) groups is 1. The Morgan fingerprint density at radius 3 is 2.04 bits per heavy atom. The number of fused-ring (bicyclic) bond motifs is 2. The number of methoxy groups -OCH3 is 2. The fourth-order valence-corrected chi connectivity index (χ4v) is 3.32. The normalized spacial score (nSPS) is 12.4. The average molecular weight is 361 g/mol. The molecule has 1 aliphatic rings. The van der Waals surface area contributed by atoms with Gasteiger partial charge in [0.1, 0.15) is 11.5 Å². The molecule has 4 rings (SSSR count). The molecule has 0 aliphatic carbocycles. The number of hydrogen-bond donors (Lipinski definition) is 1. The molecule has 1 heterocycles. The molecule has 0 unspecified atom stereocenters. The molecule has 0 aromatic heterocycles. The Labute approximate surface area is 157 Å². The zero-order valence-corrected chi connectivity index (χ0v) is 15.1. The first kappa shape index (κ1) is 17.0. The van der Waals surface area contributed by atoms with Crippen LogP contribution in [0.2, 0.25) is 0 Å². The largest absolute Gasteiger partial charge is 0.493 e. The van der Waals surface area contributed by atoms with E-state index < -0.39 is 5.92 Å². The van der Waals surface area contributed by atoms with Crippen molar-refractivity contribution in [1.29, 1.82) is 0 Å². The van der Waals surface area contributed by atoms with E-state index in [4.69, 9.17) is 14.2 Å². The predicted octanol–water partition coefficient (Wildman–Crippen LogP) is 4.58. The number of carbonyl (C=O) groups excluding carboxylic acids is 1. The van der Waals surface area contributed by atoms with Crippen LogP contribution in [0.3, 0.4) is 0 Å². The molecule has 3 aromatic carbocycles. The summed E-state index contributed by atoms with van der Waals surface area (Å²) in [6.45, 7) is 0. The second-order valence-corrected chi connectivity index (χ2v) is 6.17. The first-order valence-electron chi connectivity index (χ1n) is 8.60. The molecular weight excluding hydrogens is 342 g/mol. The van der Waals surface area contributed by atoms with Gasteiger partial charge in [-0.25, -0.2) is 0 Å². The van der Waals surface area contributed by atoms with E-state index >= 15 is 0 Å². The van der Waals surface area contributed by atoms with Crippen LogP contribution >= 0.6 is 0 Å². The molecular formula is C22H19NO4. The topological polar surface area (TPSA) is 56.8 Å². The highest BCUT2D eigenvalue weighted by Gasteiger charge is 2.32. The monoisotopic (exact) mass is 361 g/mol. The molecule has 0 spiro atoms. The Balaban J connectivity index is 1.70. The lowest BCUT2D eigenvalue weighted by molar-refractivity contribution is -0.116. The first-order chi connectivity index (χ1) is 13.2. The lowest BCUT2D eigenvalue weighted by Crippen LogP contribution is -2.25. The molecule has 3 aromatic rings. The minimum Gasteiger partial charge on any atom is -0.493 e. The van der Waals surface area contributed by atoms with Gasteiger partial charge in [-0.05, 0) is 24.3 Å². The van der Waals surface area contributed by atoms with Crippen molar-refractivity contribution in [2.75, 3.05) is 19.5 Å². The summed E-state index contributed by atoms with van der Waals surface area (Å²) in [5.74, 6) is 1.97. The van der Waals surface area contributed by atoms with Crippen LogP contribution in [-0.2, 0) is 4.79 Å². The van der Waals surface area contributed by atoms with Crippen molar-refractivity contribution < 1.29 is 19.0 Å². The van der Waals surface area contributed by atoms with E-state index in [2.05, 4.69) is 5.32 Å². The van der Waals surface area contributed by atoms with E-state index in [0.717, 1.165) is 11.1 Å². The van der Waals surface area contributed by atoms with Gasteiger partial charge < -0.3 is 19.5 Å². The van der Waals surface area contributed by atoms with E-state index in [0.29, 0.717) is 28.7 Å². The molecule has 0 atom stereocenters. The van der Waals surface area contributed by atoms with Gasteiger partial charge in [0.15, 0.2) is 11.5 Å². The van der Waals surface area contributed by atoms with Gasteiger partial charge in [0.05, 0.1) is 20.1 Å². The Morgan fingerprint density at radius 2 is 1.44 bits per heavy atom. The van der Waals surface area contributed by atoms with Crippen LogP contribution in [-0.4, -0.2) is 20.1 Å². The second-order valence-electron chi connectivity index (χ2n) is 6.17. The summed E-state index contributed by atoms with van der Waals surface area (Å²) in [7, 11) is 3.14. The molecule has 1 aliphatic heterocycles. The van der Waals surface area contributed by atoms with E-state index in [1.807, 2.05) is 48.5 Å². The van der Waals surface area contributed by atoms with Crippen LogP contribution in [0, 0.1) is 0 Å². The van der Waals surface area contributed by atoms with Gasteiger partial charge in [-0.2, -0.15) is 0 Å². The summed E-state index contributed by atoms with van der Waals surface area (Å²) in [5, 5.41) is 2.99. The van der Waals surface area contributed by atoms with Crippen LogP contribution in [0.4, 0.5) is 5.69 Å². The van der Waals surface area contributed by atoms with Crippen molar-refractivity contribution in [3.8, 4) is 23.0 Å². The predicted molar refractivity (Wildman–Crippen MR) is 103 cm³/mol. The van der Waals surface area contributed by atoms with E-state index in [1.54, 1.807) is 32.4 Å².